The number of halogens is 1. The molecule has 1 heterocycles. The van der Waals surface area contributed by atoms with Crippen LogP contribution in [0.25, 0.3) is 0 Å². The van der Waals surface area contributed by atoms with Crippen LogP contribution in [0.3, 0.4) is 0 Å². The van der Waals surface area contributed by atoms with E-state index >= 15 is 0 Å². The van der Waals surface area contributed by atoms with Gasteiger partial charge in [-0.25, -0.2) is 4.57 Å². The van der Waals surface area contributed by atoms with Crippen LogP contribution in [0.2, 0.25) is 0 Å². The summed E-state index contributed by atoms with van der Waals surface area (Å²) in [6.45, 7) is 3.12. The Bertz CT molecular complexity index is 302. The first-order chi connectivity index (χ1) is 8.33. The lowest BCUT2D eigenvalue weighted by atomic mass is 10.1. The molecule has 96 valence electrons. The lowest BCUT2D eigenvalue weighted by Gasteiger charge is -2.01. The van der Waals surface area contributed by atoms with Gasteiger partial charge in [-0.05, 0) is 12.8 Å². The molecule has 17 heavy (non-hydrogen) atoms. The van der Waals surface area contributed by atoms with E-state index in [1.807, 2.05) is 4.57 Å². The van der Waals surface area contributed by atoms with Gasteiger partial charge in [0.1, 0.15) is 6.20 Å². The number of hydrogen-bond donors (Lipinski definition) is 0. The van der Waals surface area contributed by atoms with Crippen LogP contribution >= 0.6 is 0 Å². The van der Waals surface area contributed by atoms with Crippen molar-refractivity contribution in [1.82, 2.24) is 4.98 Å². The minimum absolute atomic E-state index is 0.257. The quantitative estimate of drug-likeness (QED) is 0.475. The fourth-order valence-electron chi connectivity index (χ4n) is 1.97. The van der Waals surface area contributed by atoms with Crippen molar-refractivity contribution in [2.75, 3.05) is 0 Å². The van der Waals surface area contributed by atoms with Gasteiger partial charge in [0.05, 0.1) is 6.54 Å². The fraction of sp³-hybridized carbons (Fsp3) is 0.714. The zero-order valence-electron chi connectivity index (χ0n) is 10.9. The highest BCUT2D eigenvalue weighted by Gasteiger charge is 2.00. The van der Waals surface area contributed by atoms with Gasteiger partial charge in [-0.1, -0.05) is 50.4 Å². The number of aryl methyl sites for hydroxylation is 1. The molecule has 1 aromatic heterocycles. The molecule has 0 aliphatic carbocycles. The molecule has 0 saturated heterocycles. The van der Waals surface area contributed by atoms with Crippen LogP contribution in [0.5, 0.6) is 0 Å². The van der Waals surface area contributed by atoms with Gasteiger partial charge in [0, 0.05) is 0 Å². The van der Waals surface area contributed by atoms with E-state index in [1.54, 1.807) is 6.33 Å². The summed E-state index contributed by atoms with van der Waals surface area (Å²) in [4.78, 5) is 3.82. The van der Waals surface area contributed by atoms with Crippen molar-refractivity contribution in [1.29, 1.82) is 0 Å². The van der Waals surface area contributed by atoms with Crippen LogP contribution in [0, 0.1) is 5.82 Å². The number of nitrogens with zero attached hydrogens (tertiary/aromatic N) is 2. The highest BCUT2D eigenvalue weighted by Crippen LogP contribution is 2.08. The van der Waals surface area contributed by atoms with Crippen molar-refractivity contribution in [3.63, 3.8) is 0 Å². The third-order valence-electron chi connectivity index (χ3n) is 2.97. The molecule has 0 aliphatic heterocycles. The zero-order chi connectivity index (χ0) is 12.3. The van der Waals surface area contributed by atoms with E-state index in [4.69, 9.17) is 0 Å². The molecule has 0 aromatic carbocycles. The second-order valence-electron chi connectivity index (χ2n) is 4.62. The molecule has 0 spiro atoms. The molecule has 0 N–H and O–H groups in total. The first-order valence-corrected chi connectivity index (χ1v) is 6.82. The largest absolute Gasteiger partial charge is 0.286 e. The van der Waals surface area contributed by atoms with Crippen molar-refractivity contribution in [2.24, 2.45) is 0 Å². The summed E-state index contributed by atoms with van der Waals surface area (Å²) in [5.74, 6) is -0.257. The summed E-state index contributed by atoms with van der Waals surface area (Å²) in [6, 6.07) is 0. The summed E-state index contributed by atoms with van der Waals surface area (Å²) in [7, 11) is 0. The van der Waals surface area contributed by atoms with E-state index in [9.17, 15) is 4.39 Å². The fourth-order valence-corrected chi connectivity index (χ4v) is 1.97. The molecular formula is C14H24FN2+. The average Bonchev–Trinajstić information content (AvgIpc) is 2.33. The molecule has 0 amide bonds. The highest BCUT2D eigenvalue weighted by molar-refractivity contribution is 4.75. The lowest BCUT2D eigenvalue weighted by Crippen LogP contribution is -2.34. The second-order valence-corrected chi connectivity index (χ2v) is 4.62. The predicted molar refractivity (Wildman–Crippen MR) is 67.0 cm³/mol. The zero-order valence-corrected chi connectivity index (χ0v) is 10.9. The summed E-state index contributed by atoms with van der Waals surface area (Å²) in [6.07, 6.45) is 14.8. The molecule has 0 bridgehead atoms. The Morgan fingerprint density at radius 2 is 1.71 bits per heavy atom. The van der Waals surface area contributed by atoms with Crippen LogP contribution in [-0.2, 0) is 6.54 Å². The van der Waals surface area contributed by atoms with Gasteiger partial charge in [-0.2, -0.15) is 4.39 Å². The molecule has 0 atom stereocenters. The summed E-state index contributed by atoms with van der Waals surface area (Å²) >= 11 is 0. The van der Waals surface area contributed by atoms with Gasteiger partial charge in [0.2, 0.25) is 5.82 Å². The molecule has 0 fully saturated rings. The average molecular weight is 239 g/mol. The number of hydrogen-bond acceptors (Lipinski definition) is 1. The van der Waals surface area contributed by atoms with Crippen LogP contribution in [0.1, 0.15) is 58.3 Å². The van der Waals surface area contributed by atoms with E-state index in [-0.39, 0.29) is 5.82 Å². The normalized spacial score (nSPS) is 10.7. The second kappa shape index (κ2) is 9.08. The SMILES string of the molecule is CCCCCCCCCC[n+]1cncc(F)c1. The first-order valence-electron chi connectivity index (χ1n) is 6.82. The first kappa shape index (κ1) is 14.1. The molecule has 0 aliphatic rings. The van der Waals surface area contributed by atoms with Crippen LogP contribution in [0.4, 0.5) is 4.39 Å². The van der Waals surface area contributed by atoms with Gasteiger partial charge in [-0.15, -0.1) is 0 Å². The van der Waals surface area contributed by atoms with E-state index in [2.05, 4.69) is 11.9 Å². The maximum atomic E-state index is 12.8. The van der Waals surface area contributed by atoms with Crippen molar-refractivity contribution in [2.45, 2.75) is 64.8 Å². The smallest absolute Gasteiger partial charge is 0.234 e. The highest BCUT2D eigenvalue weighted by atomic mass is 19.1. The van der Waals surface area contributed by atoms with Crippen molar-refractivity contribution < 1.29 is 8.96 Å². The lowest BCUT2D eigenvalue weighted by molar-refractivity contribution is -0.701. The van der Waals surface area contributed by atoms with Crippen LogP contribution in [0.15, 0.2) is 18.7 Å². The molecule has 0 radical (unpaired) electrons. The Balaban J connectivity index is 1.97. The van der Waals surface area contributed by atoms with Crippen LogP contribution in [-0.4, -0.2) is 4.98 Å². The number of aromatic nitrogens is 2. The Morgan fingerprint density at radius 3 is 2.35 bits per heavy atom. The summed E-state index contributed by atoms with van der Waals surface area (Å²) < 4.78 is 14.7. The Morgan fingerprint density at radius 1 is 1.06 bits per heavy atom. The number of unbranched alkanes of at least 4 members (excludes halogenated alkanes) is 7. The summed E-state index contributed by atoms with van der Waals surface area (Å²) in [5.41, 5.74) is 0. The molecule has 1 rings (SSSR count). The molecule has 0 unspecified atom stereocenters. The standard InChI is InChI=1S/C14H24FN2/c1-2-3-4-5-6-7-8-9-10-17-12-14(15)11-16-13-17/h11-13H,2-10H2,1H3/q+1. The van der Waals surface area contributed by atoms with E-state index in [0.29, 0.717) is 0 Å². The molecular weight excluding hydrogens is 215 g/mol. The van der Waals surface area contributed by atoms with Crippen molar-refractivity contribution in [3.05, 3.63) is 24.5 Å². The van der Waals surface area contributed by atoms with E-state index < -0.39 is 0 Å². The van der Waals surface area contributed by atoms with Crippen LogP contribution < -0.4 is 4.57 Å². The molecule has 1 aromatic rings. The number of rotatable bonds is 9. The third-order valence-corrected chi connectivity index (χ3v) is 2.97. The topological polar surface area (TPSA) is 16.8 Å². The van der Waals surface area contributed by atoms with Gasteiger partial charge < -0.3 is 0 Å². The Labute approximate surface area is 104 Å². The van der Waals surface area contributed by atoms with Gasteiger partial charge in [-0.3, -0.25) is 0 Å². The minimum Gasteiger partial charge on any atom is -0.234 e. The third kappa shape index (κ3) is 7.03. The molecule has 0 saturated carbocycles. The Kier molecular flexibility index (Phi) is 7.52. The van der Waals surface area contributed by atoms with E-state index in [0.717, 1.165) is 13.0 Å². The minimum atomic E-state index is -0.257. The monoisotopic (exact) mass is 239 g/mol. The van der Waals surface area contributed by atoms with Gasteiger partial charge >= 0.3 is 0 Å². The van der Waals surface area contributed by atoms with Gasteiger partial charge in [0.15, 0.2) is 6.20 Å². The van der Waals surface area contributed by atoms with Crippen molar-refractivity contribution >= 4 is 0 Å². The van der Waals surface area contributed by atoms with Gasteiger partial charge in [0.25, 0.3) is 6.33 Å². The predicted octanol–water partition coefficient (Wildman–Crippen LogP) is 3.65. The maximum Gasteiger partial charge on any atom is 0.286 e. The summed E-state index contributed by atoms with van der Waals surface area (Å²) in [5, 5.41) is 0. The maximum absolute atomic E-state index is 12.8. The molecule has 2 nitrogen and oxygen atoms in total. The molecule has 3 heteroatoms. The van der Waals surface area contributed by atoms with E-state index in [1.165, 1.54) is 57.3 Å². The Hall–Kier alpha value is -0.990. The van der Waals surface area contributed by atoms with Crippen molar-refractivity contribution in [3.8, 4) is 0 Å².